The summed E-state index contributed by atoms with van der Waals surface area (Å²) in [4.78, 5) is 12.0. The second-order valence-electron chi connectivity index (χ2n) is 6.29. The number of carbonyl (C=O) groups is 1. The maximum Gasteiger partial charge on any atom is 0.237 e. The highest BCUT2D eigenvalue weighted by molar-refractivity contribution is 5.85. The molecule has 2 aromatic carbocycles. The Balaban J connectivity index is 0.00000225. The van der Waals surface area contributed by atoms with E-state index in [1.54, 1.807) is 0 Å². The van der Waals surface area contributed by atoms with Crippen LogP contribution in [0.4, 0.5) is 0 Å². The molecule has 134 valence electrons. The average Bonchev–Trinajstić information content (AvgIpc) is 3.13. The third kappa shape index (κ3) is 5.76. The molecule has 0 bridgehead atoms. The van der Waals surface area contributed by atoms with Crippen LogP contribution < -0.4 is 15.4 Å². The van der Waals surface area contributed by atoms with Gasteiger partial charge < -0.3 is 15.4 Å². The lowest BCUT2D eigenvalue weighted by Crippen LogP contribution is -2.39. The molecule has 2 N–H and O–H groups in total. The van der Waals surface area contributed by atoms with Gasteiger partial charge in [0, 0.05) is 6.54 Å². The SMILES string of the molecule is Cc1cccc(COc2ccc(CNC(=O)C3CCCN3)cc2)c1.Cl. The van der Waals surface area contributed by atoms with Gasteiger partial charge in [-0.05, 0) is 49.6 Å². The van der Waals surface area contributed by atoms with E-state index in [0.717, 1.165) is 36.3 Å². The lowest BCUT2D eigenvalue weighted by molar-refractivity contribution is -0.122. The molecular formula is C20H25ClN2O2. The van der Waals surface area contributed by atoms with Gasteiger partial charge in [0.25, 0.3) is 0 Å². The van der Waals surface area contributed by atoms with Gasteiger partial charge in [-0.1, -0.05) is 42.0 Å². The van der Waals surface area contributed by atoms with Crippen LogP contribution in [0.15, 0.2) is 48.5 Å². The Morgan fingerprint density at radius 2 is 2.00 bits per heavy atom. The van der Waals surface area contributed by atoms with Crippen molar-refractivity contribution in [2.24, 2.45) is 0 Å². The number of hydrogen-bond acceptors (Lipinski definition) is 3. The van der Waals surface area contributed by atoms with Crippen LogP contribution >= 0.6 is 12.4 Å². The average molecular weight is 361 g/mol. The minimum absolute atomic E-state index is 0. The van der Waals surface area contributed by atoms with Crippen molar-refractivity contribution in [3.8, 4) is 5.75 Å². The minimum atomic E-state index is -0.0260. The van der Waals surface area contributed by atoms with E-state index in [-0.39, 0.29) is 24.4 Å². The number of aryl methyl sites for hydroxylation is 1. The molecule has 5 heteroatoms. The maximum atomic E-state index is 12.0. The quantitative estimate of drug-likeness (QED) is 0.830. The predicted molar refractivity (Wildman–Crippen MR) is 102 cm³/mol. The van der Waals surface area contributed by atoms with Crippen molar-refractivity contribution in [1.82, 2.24) is 10.6 Å². The lowest BCUT2D eigenvalue weighted by Gasteiger charge is -2.11. The molecule has 0 aromatic heterocycles. The van der Waals surface area contributed by atoms with Gasteiger partial charge in [0.1, 0.15) is 12.4 Å². The first-order valence-electron chi connectivity index (χ1n) is 8.49. The van der Waals surface area contributed by atoms with E-state index >= 15 is 0 Å². The highest BCUT2D eigenvalue weighted by atomic mass is 35.5. The number of carbonyl (C=O) groups excluding carboxylic acids is 1. The molecule has 4 nitrogen and oxygen atoms in total. The van der Waals surface area contributed by atoms with Crippen molar-refractivity contribution in [3.05, 3.63) is 65.2 Å². The summed E-state index contributed by atoms with van der Waals surface area (Å²) in [5.41, 5.74) is 3.47. The summed E-state index contributed by atoms with van der Waals surface area (Å²) in [5.74, 6) is 0.927. The van der Waals surface area contributed by atoms with Crippen LogP contribution in [0.25, 0.3) is 0 Å². The summed E-state index contributed by atoms with van der Waals surface area (Å²) in [6.07, 6.45) is 2.00. The van der Waals surface area contributed by atoms with E-state index in [1.807, 2.05) is 30.3 Å². The van der Waals surface area contributed by atoms with Crippen molar-refractivity contribution < 1.29 is 9.53 Å². The Hall–Kier alpha value is -2.04. The fourth-order valence-electron chi connectivity index (χ4n) is 2.89. The molecule has 1 amide bonds. The molecule has 1 atom stereocenters. The standard InChI is InChI=1S/C20H24N2O2.ClH/c1-15-4-2-5-17(12-15)14-24-18-9-7-16(8-10-18)13-22-20(23)19-6-3-11-21-19;/h2,4-5,7-10,12,19,21H,3,6,11,13-14H2,1H3,(H,22,23);1H. The van der Waals surface area contributed by atoms with Crippen molar-refractivity contribution in [2.75, 3.05) is 6.54 Å². The Morgan fingerprint density at radius 1 is 1.20 bits per heavy atom. The highest BCUT2D eigenvalue weighted by Crippen LogP contribution is 2.15. The summed E-state index contributed by atoms with van der Waals surface area (Å²) >= 11 is 0. The van der Waals surface area contributed by atoms with Gasteiger partial charge in [-0.25, -0.2) is 0 Å². The van der Waals surface area contributed by atoms with E-state index in [4.69, 9.17) is 4.74 Å². The highest BCUT2D eigenvalue weighted by Gasteiger charge is 2.21. The minimum Gasteiger partial charge on any atom is -0.489 e. The zero-order chi connectivity index (χ0) is 16.8. The van der Waals surface area contributed by atoms with Crippen LogP contribution in [-0.4, -0.2) is 18.5 Å². The van der Waals surface area contributed by atoms with E-state index in [9.17, 15) is 4.79 Å². The van der Waals surface area contributed by atoms with Crippen LogP contribution in [0, 0.1) is 6.92 Å². The fraction of sp³-hybridized carbons (Fsp3) is 0.350. The van der Waals surface area contributed by atoms with Crippen LogP contribution in [-0.2, 0) is 17.9 Å². The molecule has 0 saturated carbocycles. The number of halogens is 1. The molecule has 0 radical (unpaired) electrons. The molecule has 0 spiro atoms. The smallest absolute Gasteiger partial charge is 0.237 e. The van der Waals surface area contributed by atoms with Crippen LogP contribution in [0.3, 0.4) is 0 Å². The summed E-state index contributed by atoms with van der Waals surface area (Å²) in [6, 6.07) is 16.2. The molecule has 25 heavy (non-hydrogen) atoms. The maximum absolute atomic E-state index is 12.0. The van der Waals surface area contributed by atoms with E-state index in [1.165, 1.54) is 5.56 Å². The summed E-state index contributed by atoms with van der Waals surface area (Å²) in [5, 5.41) is 6.19. The van der Waals surface area contributed by atoms with Crippen LogP contribution in [0.1, 0.15) is 29.5 Å². The summed E-state index contributed by atoms with van der Waals surface area (Å²) in [7, 11) is 0. The number of hydrogen-bond donors (Lipinski definition) is 2. The number of amides is 1. The molecule has 1 fully saturated rings. The summed E-state index contributed by atoms with van der Waals surface area (Å²) in [6.45, 7) is 4.12. The molecule has 1 aliphatic heterocycles. The second-order valence-corrected chi connectivity index (χ2v) is 6.29. The Labute approximate surface area is 155 Å². The molecule has 1 unspecified atom stereocenters. The molecule has 1 saturated heterocycles. The largest absolute Gasteiger partial charge is 0.489 e. The molecule has 1 aliphatic rings. The topological polar surface area (TPSA) is 50.4 Å². The van der Waals surface area contributed by atoms with Gasteiger partial charge in [0.15, 0.2) is 0 Å². The van der Waals surface area contributed by atoms with Gasteiger partial charge in [0.05, 0.1) is 6.04 Å². The van der Waals surface area contributed by atoms with Crippen LogP contribution in [0.2, 0.25) is 0 Å². The first-order chi connectivity index (χ1) is 11.7. The fourth-order valence-corrected chi connectivity index (χ4v) is 2.89. The van der Waals surface area contributed by atoms with Crippen molar-refractivity contribution >= 4 is 18.3 Å². The third-order valence-electron chi connectivity index (χ3n) is 4.25. The molecule has 0 aliphatic carbocycles. The van der Waals surface area contributed by atoms with E-state index in [0.29, 0.717) is 13.2 Å². The van der Waals surface area contributed by atoms with E-state index < -0.39 is 0 Å². The Kier molecular flexibility index (Phi) is 7.29. The molecule has 1 heterocycles. The second kappa shape index (κ2) is 9.44. The van der Waals surface area contributed by atoms with Gasteiger partial charge in [-0.15, -0.1) is 12.4 Å². The van der Waals surface area contributed by atoms with Gasteiger partial charge in [-0.2, -0.15) is 0 Å². The number of ether oxygens (including phenoxy) is 1. The molecule has 3 rings (SSSR count). The normalized spacial score (nSPS) is 16.1. The van der Waals surface area contributed by atoms with Crippen molar-refractivity contribution in [2.45, 2.75) is 39.0 Å². The van der Waals surface area contributed by atoms with Crippen LogP contribution in [0.5, 0.6) is 5.75 Å². The molecular weight excluding hydrogens is 336 g/mol. The van der Waals surface area contributed by atoms with Crippen molar-refractivity contribution in [1.29, 1.82) is 0 Å². The van der Waals surface area contributed by atoms with Gasteiger partial charge in [-0.3, -0.25) is 4.79 Å². The van der Waals surface area contributed by atoms with Gasteiger partial charge in [0.2, 0.25) is 5.91 Å². The first kappa shape index (κ1) is 19.3. The predicted octanol–water partition coefficient (Wildman–Crippen LogP) is 3.36. The Morgan fingerprint density at radius 3 is 2.68 bits per heavy atom. The van der Waals surface area contributed by atoms with E-state index in [2.05, 4.69) is 35.8 Å². The number of rotatable bonds is 6. The third-order valence-corrected chi connectivity index (χ3v) is 4.25. The van der Waals surface area contributed by atoms with Crippen molar-refractivity contribution in [3.63, 3.8) is 0 Å². The zero-order valence-corrected chi connectivity index (χ0v) is 15.3. The number of benzene rings is 2. The number of nitrogens with one attached hydrogen (secondary N) is 2. The monoisotopic (exact) mass is 360 g/mol. The summed E-state index contributed by atoms with van der Waals surface area (Å²) < 4.78 is 5.81. The first-order valence-corrected chi connectivity index (χ1v) is 8.49. The lowest BCUT2D eigenvalue weighted by atomic mass is 10.1. The Bertz CT molecular complexity index is 682. The zero-order valence-electron chi connectivity index (χ0n) is 14.5. The van der Waals surface area contributed by atoms with Gasteiger partial charge >= 0.3 is 0 Å². The molecule has 2 aromatic rings.